The second-order valence-corrected chi connectivity index (χ2v) is 8.83. The second kappa shape index (κ2) is 11.8. The molecule has 35 heavy (non-hydrogen) atoms. The number of hydrogen-bond donors (Lipinski definition) is 2. The fraction of sp³-hybridized carbons (Fsp3) is 0.115. The van der Waals surface area contributed by atoms with E-state index in [0.29, 0.717) is 22.0 Å². The van der Waals surface area contributed by atoms with Crippen molar-refractivity contribution in [3.05, 3.63) is 91.9 Å². The third-order valence-electron chi connectivity index (χ3n) is 4.81. The molecule has 0 spiro atoms. The third-order valence-corrected chi connectivity index (χ3v) is 5.78. The number of benzene rings is 3. The van der Waals surface area contributed by atoms with Crippen molar-refractivity contribution in [3.8, 4) is 11.8 Å². The van der Waals surface area contributed by atoms with E-state index in [1.54, 1.807) is 30.3 Å². The number of anilines is 2. The zero-order valence-corrected chi connectivity index (χ0v) is 21.1. The Hall–Kier alpha value is -3.50. The molecule has 9 heteroatoms. The van der Waals surface area contributed by atoms with Crippen LogP contribution in [0.4, 0.5) is 11.4 Å². The van der Waals surface area contributed by atoms with E-state index in [1.165, 1.54) is 18.2 Å². The predicted octanol–water partition coefficient (Wildman–Crippen LogP) is 6.83. The van der Waals surface area contributed by atoms with Gasteiger partial charge in [0.2, 0.25) is 0 Å². The van der Waals surface area contributed by atoms with Gasteiger partial charge in [-0.05, 0) is 67.4 Å². The number of nitrogens with one attached hydrogen (secondary N) is 2. The zero-order chi connectivity index (χ0) is 25.5. The van der Waals surface area contributed by atoms with Gasteiger partial charge in [0.25, 0.3) is 11.8 Å². The van der Waals surface area contributed by atoms with Gasteiger partial charge in [0.1, 0.15) is 11.6 Å². The number of carbonyl (C=O) groups is 2. The summed E-state index contributed by atoms with van der Waals surface area (Å²) in [6.45, 7) is 3.44. The van der Waals surface area contributed by atoms with Crippen molar-refractivity contribution in [2.45, 2.75) is 13.8 Å². The molecule has 0 bridgehead atoms. The summed E-state index contributed by atoms with van der Waals surface area (Å²) < 4.78 is 5.50. The molecule has 3 aromatic rings. The van der Waals surface area contributed by atoms with E-state index in [9.17, 15) is 14.9 Å². The number of halogens is 3. The quantitative estimate of drug-likeness (QED) is 0.260. The molecule has 0 aliphatic carbocycles. The molecule has 0 atom stereocenters. The summed E-state index contributed by atoms with van der Waals surface area (Å²) in [6, 6.07) is 17.2. The van der Waals surface area contributed by atoms with Crippen molar-refractivity contribution < 1.29 is 14.3 Å². The highest BCUT2D eigenvalue weighted by molar-refractivity contribution is 6.37. The number of nitrogens with zero attached hydrogens (tertiary/aromatic N) is 1. The molecule has 0 aliphatic heterocycles. The van der Waals surface area contributed by atoms with Gasteiger partial charge in [-0.2, -0.15) is 5.26 Å². The van der Waals surface area contributed by atoms with Crippen molar-refractivity contribution in [3.63, 3.8) is 0 Å². The average Bonchev–Trinajstić information content (AvgIpc) is 2.80. The van der Waals surface area contributed by atoms with E-state index in [1.807, 2.05) is 32.0 Å². The first-order chi connectivity index (χ1) is 16.7. The minimum Gasteiger partial charge on any atom is -0.481 e. The Morgan fingerprint density at radius 3 is 2.14 bits per heavy atom. The van der Waals surface area contributed by atoms with Crippen LogP contribution in [-0.2, 0) is 9.59 Å². The SMILES string of the molecule is Cc1ccc(NC(=O)/C(C#N)=C\c2cc(Cl)c(OCC(=O)Nc3ccc(C)c(Cl)c3)c(Cl)c2)cc1. The number of aryl methyl sites for hydroxylation is 2. The molecule has 0 aliphatic rings. The fourth-order valence-corrected chi connectivity index (χ4v) is 3.75. The van der Waals surface area contributed by atoms with Crippen LogP contribution >= 0.6 is 34.8 Å². The lowest BCUT2D eigenvalue weighted by Crippen LogP contribution is -2.20. The molecule has 2 N–H and O–H groups in total. The molecule has 3 aromatic carbocycles. The van der Waals surface area contributed by atoms with Crippen molar-refractivity contribution in [2.24, 2.45) is 0 Å². The Morgan fingerprint density at radius 2 is 1.54 bits per heavy atom. The Labute approximate surface area is 218 Å². The summed E-state index contributed by atoms with van der Waals surface area (Å²) in [5, 5.41) is 15.6. The zero-order valence-electron chi connectivity index (χ0n) is 18.8. The van der Waals surface area contributed by atoms with Gasteiger partial charge in [0.15, 0.2) is 12.4 Å². The molecule has 0 unspecified atom stereocenters. The van der Waals surface area contributed by atoms with E-state index in [-0.39, 0.29) is 28.0 Å². The van der Waals surface area contributed by atoms with Gasteiger partial charge >= 0.3 is 0 Å². The number of nitriles is 1. The van der Waals surface area contributed by atoms with E-state index < -0.39 is 11.8 Å². The maximum atomic E-state index is 12.5. The van der Waals surface area contributed by atoms with Crippen LogP contribution in [0.25, 0.3) is 6.08 Å². The Morgan fingerprint density at radius 1 is 0.914 bits per heavy atom. The van der Waals surface area contributed by atoms with Crippen molar-refractivity contribution >= 4 is 64.1 Å². The highest BCUT2D eigenvalue weighted by atomic mass is 35.5. The van der Waals surface area contributed by atoms with Crippen LogP contribution in [0.1, 0.15) is 16.7 Å². The maximum absolute atomic E-state index is 12.5. The molecule has 178 valence electrons. The van der Waals surface area contributed by atoms with Crippen molar-refractivity contribution in [2.75, 3.05) is 17.2 Å². The van der Waals surface area contributed by atoms with Crippen LogP contribution in [0, 0.1) is 25.2 Å². The molecule has 3 rings (SSSR count). The van der Waals surface area contributed by atoms with Crippen molar-refractivity contribution in [1.82, 2.24) is 0 Å². The minimum atomic E-state index is -0.572. The summed E-state index contributed by atoms with van der Waals surface area (Å²) in [7, 11) is 0. The van der Waals surface area contributed by atoms with E-state index in [2.05, 4.69) is 10.6 Å². The largest absolute Gasteiger partial charge is 0.481 e. The Kier molecular flexibility index (Phi) is 8.78. The number of carbonyl (C=O) groups excluding carboxylic acids is 2. The molecule has 0 saturated carbocycles. The van der Waals surface area contributed by atoms with Gasteiger partial charge < -0.3 is 15.4 Å². The number of ether oxygens (including phenoxy) is 1. The number of hydrogen-bond acceptors (Lipinski definition) is 4. The number of rotatable bonds is 7. The van der Waals surface area contributed by atoms with Gasteiger partial charge in [-0.15, -0.1) is 0 Å². The molecule has 0 saturated heterocycles. The lowest BCUT2D eigenvalue weighted by molar-refractivity contribution is -0.118. The van der Waals surface area contributed by atoms with Gasteiger partial charge in [0.05, 0.1) is 10.0 Å². The van der Waals surface area contributed by atoms with Crippen LogP contribution in [0.5, 0.6) is 5.75 Å². The fourth-order valence-electron chi connectivity index (χ4n) is 2.96. The van der Waals surface area contributed by atoms with Gasteiger partial charge in [-0.3, -0.25) is 9.59 Å². The standard InChI is InChI=1S/C26H20Cl3N3O3/c1-15-3-6-19(7-4-15)32-26(34)18(13-30)9-17-10-22(28)25(23(29)11-17)35-14-24(33)31-20-8-5-16(2)21(27)12-20/h3-12H,14H2,1-2H3,(H,31,33)(H,32,34)/b18-9-. The van der Waals surface area contributed by atoms with E-state index >= 15 is 0 Å². The summed E-state index contributed by atoms with van der Waals surface area (Å²) >= 11 is 18.7. The second-order valence-electron chi connectivity index (χ2n) is 7.60. The summed E-state index contributed by atoms with van der Waals surface area (Å²) in [5.74, 6) is -0.900. The summed E-state index contributed by atoms with van der Waals surface area (Å²) in [4.78, 5) is 24.7. The van der Waals surface area contributed by atoms with Crippen LogP contribution < -0.4 is 15.4 Å². The molecule has 0 fully saturated rings. The van der Waals surface area contributed by atoms with E-state index in [0.717, 1.165) is 11.1 Å². The Balaban J connectivity index is 1.68. The van der Waals surface area contributed by atoms with Crippen LogP contribution in [0.2, 0.25) is 15.1 Å². The average molecular weight is 529 g/mol. The van der Waals surface area contributed by atoms with Crippen LogP contribution in [0.15, 0.2) is 60.2 Å². The van der Waals surface area contributed by atoms with Crippen LogP contribution in [-0.4, -0.2) is 18.4 Å². The molecule has 2 amide bonds. The highest BCUT2D eigenvalue weighted by Gasteiger charge is 2.14. The first kappa shape index (κ1) is 26.1. The first-order valence-electron chi connectivity index (χ1n) is 10.3. The lowest BCUT2D eigenvalue weighted by Gasteiger charge is -2.12. The monoisotopic (exact) mass is 527 g/mol. The minimum absolute atomic E-state index is 0.102. The van der Waals surface area contributed by atoms with Crippen molar-refractivity contribution in [1.29, 1.82) is 5.26 Å². The third kappa shape index (κ3) is 7.24. The smallest absolute Gasteiger partial charge is 0.266 e. The van der Waals surface area contributed by atoms with Gasteiger partial charge in [0, 0.05) is 16.4 Å². The van der Waals surface area contributed by atoms with E-state index in [4.69, 9.17) is 39.5 Å². The normalized spacial score (nSPS) is 10.9. The predicted molar refractivity (Wildman–Crippen MR) is 140 cm³/mol. The maximum Gasteiger partial charge on any atom is 0.266 e. The number of amides is 2. The molecule has 0 heterocycles. The highest BCUT2D eigenvalue weighted by Crippen LogP contribution is 2.35. The Bertz CT molecular complexity index is 1320. The van der Waals surface area contributed by atoms with Gasteiger partial charge in [-0.1, -0.05) is 58.6 Å². The molecule has 0 aromatic heterocycles. The molecule has 0 radical (unpaired) electrons. The summed E-state index contributed by atoms with van der Waals surface area (Å²) in [5.41, 5.74) is 3.31. The lowest BCUT2D eigenvalue weighted by atomic mass is 10.1. The van der Waals surface area contributed by atoms with Crippen LogP contribution in [0.3, 0.4) is 0 Å². The first-order valence-corrected chi connectivity index (χ1v) is 11.5. The molecular weight excluding hydrogens is 509 g/mol. The topological polar surface area (TPSA) is 91.2 Å². The summed E-state index contributed by atoms with van der Waals surface area (Å²) in [6.07, 6.45) is 1.36. The molecular formula is C26H20Cl3N3O3. The molecule has 6 nitrogen and oxygen atoms in total. The van der Waals surface area contributed by atoms with Gasteiger partial charge in [-0.25, -0.2) is 0 Å².